The third kappa shape index (κ3) is 5.69. The summed E-state index contributed by atoms with van der Waals surface area (Å²) in [5, 5.41) is 26.5. The third-order valence-electron chi connectivity index (χ3n) is 7.12. The van der Waals surface area contributed by atoms with Crippen LogP contribution in [0.2, 0.25) is 0 Å². The Bertz CT molecular complexity index is 1870. The maximum atomic E-state index is 13.9. The van der Waals surface area contributed by atoms with Gasteiger partial charge in [0.25, 0.3) is 11.8 Å². The lowest BCUT2D eigenvalue weighted by Gasteiger charge is -2.27. The third-order valence-corrected chi connectivity index (χ3v) is 7.12. The minimum absolute atomic E-state index is 0.0569. The van der Waals surface area contributed by atoms with Crippen LogP contribution >= 0.6 is 0 Å². The summed E-state index contributed by atoms with van der Waals surface area (Å²) < 4.78 is 12.2. The van der Waals surface area contributed by atoms with E-state index in [1.165, 1.54) is 19.2 Å². The summed E-state index contributed by atoms with van der Waals surface area (Å²) in [7, 11) is 1.54. The molecule has 44 heavy (non-hydrogen) atoms. The zero-order valence-corrected chi connectivity index (χ0v) is 24.2. The van der Waals surface area contributed by atoms with E-state index in [2.05, 4.69) is 0 Å². The van der Waals surface area contributed by atoms with E-state index in [9.17, 15) is 25.0 Å². The molecule has 0 bridgehead atoms. The highest BCUT2D eigenvalue weighted by molar-refractivity contribution is 6.19. The van der Waals surface area contributed by atoms with Gasteiger partial charge in [-0.15, -0.1) is 0 Å². The lowest BCUT2D eigenvalue weighted by Crippen LogP contribution is -2.42. The number of para-hydroxylation sites is 1. The Labute approximate surface area is 253 Å². The highest BCUT2D eigenvalue weighted by atomic mass is 16.6. The van der Waals surface area contributed by atoms with Gasteiger partial charge >= 0.3 is 5.69 Å². The summed E-state index contributed by atoms with van der Waals surface area (Å²) >= 11 is 0. The molecule has 3 aromatic carbocycles. The standard InChI is InChI=1S/C33H27N5O6/c1-4-44-30-15-12-23(17-29(30)38(41)42)31-24(20-37(35-31)25-8-6-5-7-9-25)16-27-21(2)28(18-34)33(40)36(32(27)39)19-22-10-13-26(43-3)14-11-22/h5-17,20H,4,19H2,1-3H3/b27-16+. The van der Waals surface area contributed by atoms with Crippen molar-refractivity contribution in [2.24, 2.45) is 0 Å². The van der Waals surface area contributed by atoms with Crippen molar-refractivity contribution in [3.63, 3.8) is 0 Å². The molecule has 1 aromatic heterocycles. The van der Waals surface area contributed by atoms with Gasteiger partial charge in [0.2, 0.25) is 0 Å². The van der Waals surface area contributed by atoms with Crippen LogP contribution in [0, 0.1) is 21.4 Å². The van der Waals surface area contributed by atoms with Gasteiger partial charge in [-0.05, 0) is 67.5 Å². The van der Waals surface area contributed by atoms with Crippen molar-refractivity contribution < 1.29 is 24.0 Å². The van der Waals surface area contributed by atoms with Gasteiger partial charge in [-0.3, -0.25) is 24.6 Å². The monoisotopic (exact) mass is 589 g/mol. The number of rotatable bonds is 9. The van der Waals surface area contributed by atoms with Gasteiger partial charge in [-0.1, -0.05) is 30.3 Å². The van der Waals surface area contributed by atoms with Crippen LogP contribution < -0.4 is 9.47 Å². The number of carbonyl (C=O) groups excluding carboxylic acids is 2. The number of amides is 2. The topological polar surface area (TPSA) is 141 Å². The average Bonchev–Trinajstić information content (AvgIpc) is 3.46. The fourth-order valence-corrected chi connectivity index (χ4v) is 4.86. The molecule has 1 aliphatic heterocycles. The predicted octanol–water partition coefficient (Wildman–Crippen LogP) is 5.65. The van der Waals surface area contributed by atoms with Gasteiger partial charge in [0.1, 0.15) is 23.1 Å². The lowest BCUT2D eigenvalue weighted by atomic mass is 9.93. The number of aromatic nitrogens is 2. The van der Waals surface area contributed by atoms with E-state index >= 15 is 0 Å². The number of methoxy groups -OCH3 is 1. The van der Waals surface area contributed by atoms with E-state index in [4.69, 9.17) is 14.6 Å². The number of hydrogen-bond donors (Lipinski definition) is 0. The molecule has 0 saturated carbocycles. The average molecular weight is 590 g/mol. The van der Waals surface area contributed by atoms with Crippen LogP contribution in [-0.4, -0.2) is 45.1 Å². The van der Waals surface area contributed by atoms with E-state index in [1.807, 2.05) is 36.4 Å². The minimum Gasteiger partial charge on any atom is -0.497 e. The van der Waals surface area contributed by atoms with Crippen LogP contribution in [0.25, 0.3) is 23.0 Å². The molecule has 11 nitrogen and oxygen atoms in total. The molecule has 0 N–H and O–H groups in total. The van der Waals surface area contributed by atoms with Gasteiger partial charge in [0.15, 0.2) is 5.75 Å². The van der Waals surface area contributed by atoms with Crippen molar-refractivity contribution in [2.75, 3.05) is 13.7 Å². The van der Waals surface area contributed by atoms with Crippen LogP contribution in [0.3, 0.4) is 0 Å². The second-order valence-corrected chi connectivity index (χ2v) is 9.80. The molecule has 5 rings (SSSR count). The van der Waals surface area contributed by atoms with Gasteiger partial charge in [0.05, 0.1) is 30.9 Å². The molecule has 0 atom stereocenters. The summed E-state index contributed by atoms with van der Waals surface area (Å²) in [5.74, 6) is -0.531. The molecule has 220 valence electrons. The van der Waals surface area contributed by atoms with Gasteiger partial charge in [0, 0.05) is 29.0 Å². The number of imide groups is 1. The van der Waals surface area contributed by atoms with Crippen molar-refractivity contribution in [2.45, 2.75) is 20.4 Å². The number of carbonyl (C=O) groups is 2. The zero-order chi connectivity index (χ0) is 31.4. The number of hydrogen-bond acceptors (Lipinski definition) is 8. The van der Waals surface area contributed by atoms with E-state index in [0.29, 0.717) is 28.1 Å². The molecule has 2 heterocycles. The highest BCUT2D eigenvalue weighted by Crippen LogP contribution is 2.36. The smallest absolute Gasteiger partial charge is 0.311 e. The van der Waals surface area contributed by atoms with Gasteiger partial charge in [-0.25, -0.2) is 4.68 Å². The van der Waals surface area contributed by atoms with Crippen LogP contribution in [0.1, 0.15) is 25.0 Å². The molecular weight excluding hydrogens is 562 g/mol. The molecule has 0 aliphatic carbocycles. The Balaban J connectivity index is 1.65. The van der Waals surface area contributed by atoms with Crippen LogP contribution in [0.15, 0.2) is 95.7 Å². The first-order valence-electron chi connectivity index (χ1n) is 13.6. The first-order valence-corrected chi connectivity index (χ1v) is 13.6. The molecule has 0 radical (unpaired) electrons. The quantitative estimate of drug-likeness (QED) is 0.106. The van der Waals surface area contributed by atoms with Crippen molar-refractivity contribution in [1.29, 1.82) is 5.26 Å². The summed E-state index contributed by atoms with van der Waals surface area (Å²) in [4.78, 5) is 39.5. The Morgan fingerprint density at radius 3 is 2.41 bits per heavy atom. The fraction of sp³-hybridized carbons (Fsp3) is 0.152. The van der Waals surface area contributed by atoms with Crippen molar-refractivity contribution in [1.82, 2.24) is 14.7 Å². The first-order chi connectivity index (χ1) is 21.2. The first kappa shape index (κ1) is 29.5. The molecule has 0 spiro atoms. The van der Waals surface area contributed by atoms with Gasteiger partial charge in [-0.2, -0.15) is 10.4 Å². The molecule has 2 amide bonds. The van der Waals surface area contributed by atoms with Crippen LogP contribution in [-0.2, 0) is 16.1 Å². The van der Waals surface area contributed by atoms with Crippen LogP contribution in [0.4, 0.5) is 5.69 Å². The molecule has 0 fully saturated rings. The van der Waals surface area contributed by atoms with Crippen molar-refractivity contribution >= 4 is 23.6 Å². The largest absolute Gasteiger partial charge is 0.497 e. The highest BCUT2D eigenvalue weighted by Gasteiger charge is 2.36. The Morgan fingerprint density at radius 1 is 1.05 bits per heavy atom. The molecular formula is C33H27N5O6. The van der Waals surface area contributed by atoms with E-state index < -0.39 is 16.7 Å². The number of nitrogens with zero attached hydrogens (tertiary/aromatic N) is 5. The molecule has 0 unspecified atom stereocenters. The number of nitro groups is 1. The molecule has 4 aromatic rings. The zero-order valence-electron chi connectivity index (χ0n) is 24.2. The second-order valence-electron chi connectivity index (χ2n) is 9.80. The maximum Gasteiger partial charge on any atom is 0.311 e. The summed E-state index contributed by atoms with van der Waals surface area (Å²) in [6.45, 7) is 3.48. The second kappa shape index (κ2) is 12.5. The Hall–Kier alpha value is -6.02. The van der Waals surface area contributed by atoms with E-state index in [0.717, 1.165) is 10.6 Å². The number of benzene rings is 3. The van der Waals surface area contributed by atoms with Gasteiger partial charge < -0.3 is 9.47 Å². The summed E-state index contributed by atoms with van der Waals surface area (Å²) in [6, 6.07) is 22.6. The van der Waals surface area contributed by atoms with E-state index in [1.54, 1.807) is 61.1 Å². The fourth-order valence-electron chi connectivity index (χ4n) is 4.86. The molecule has 1 aliphatic rings. The van der Waals surface area contributed by atoms with Crippen LogP contribution in [0.5, 0.6) is 11.5 Å². The molecule has 0 saturated heterocycles. The normalized spacial score (nSPS) is 14.1. The minimum atomic E-state index is -0.690. The van der Waals surface area contributed by atoms with E-state index in [-0.39, 0.29) is 41.3 Å². The number of nitriles is 1. The lowest BCUT2D eigenvalue weighted by molar-refractivity contribution is -0.385. The predicted molar refractivity (Wildman–Crippen MR) is 162 cm³/mol. The van der Waals surface area contributed by atoms with Crippen molar-refractivity contribution in [3.8, 4) is 34.5 Å². The Kier molecular flexibility index (Phi) is 8.35. The maximum absolute atomic E-state index is 13.9. The number of ether oxygens (including phenoxy) is 2. The molecule has 11 heteroatoms. The summed E-state index contributed by atoms with van der Waals surface area (Å²) in [6.07, 6.45) is 3.25. The van der Waals surface area contributed by atoms with Crippen molar-refractivity contribution in [3.05, 3.63) is 117 Å². The SMILES string of the molecule is CCOc1ccc(-c2nn(-c3ccccc3)cc2/C=C2/C(=O)N(Cc3ccc(OC)cc3)C(=O)C(C#N)=C2C)cc1[N+](=O)[O-]. The Morgan fingerprint density at radius 2 is 1.77 bits per heavy atom. The summed E-state index contributed by atoms with van der Waals surface area (Å²) in [5.41, 5.74) is 2.57. The number of nitro benzene ring substituents is 1.